The average Bonchev–Trinajstić information content (AvgIpc) is 2.65. The van der Waals surface area contributed by atoms with Crippen LogP contribution in [0.1, 0.15) is 92.9 Å². The molecule has 0 unspecified atom stereocenters. The molecule has 0 rings (SSSR count). The second-order valence-electron chi connectivity index (χ2n) is 8.56. The van der Waals surface area contributed by atoms with Crippen LogP contribution in [0.5, 0.6) is 0 Å². The van der Waals surface area contributed by atoms with Crippen molar-refractivity contribution in [3.63, 3.8) is 0 Å². The van der Waals surface area contributed by atoms with E-state index in [2.05, 4.69) is 22.9 Å². The van der Waals surface area contributed by atoms with Gasteiger partial charge in [-0.25, -0.2) is 9.59 Å². The van der Waals surface area contributed by atoms with E-state index in [1.165, 1.54) is 0 Å². The number of amides is 3. The Morgan fingerprint density at radius 2 is 1.43 bits per heavy atom. The summed E-state index contributed by atoms with van der Waals surface area (Å²) in [6.45, 7) is 12.1. The Balaban J connectivity index is 4.79. The molecule has 0 spiro atoms. The van der Waals surface area contributed by atoms with E-state index in [0.29, 0.717) is 13.0 Å². The molecule has 0 aliphatic rings. The van der Waals surface area contributed by atoms with Crippen LogP contribution < -0.4 is 16.0 Å². The van der Waals surface area contributed by atoms with Crippen molar-refractivity contribution in [2.24, 2.45) is 0 Å². The molecule has 0 heterocycles. The molecule has 8 heteroatoms. The first-order valence-electron chi connectivity index (χ1n) is 11.3. The van der Waals surface area contributed by atoms with Crippen LogP contribution in [-0.4, -0.2) is 48.9 Å². The molecule has 0 aromatic heterocycles. The molecule has 0 aliphatic carbocycles. The zero-order valence-corrected chi connectivity index (χ0v) is 19.8. The maximum Gasteiger partial charge on any atom is 0.407 e. The van der Waals surface area contributed by atoms with Crippen molar-refractivity contribution in [3.05, 3.63) is 0 Å². The number of hydrogen-bond acceptors (Lipinski definition) is 5. The van der Waals surface area contributed by atoms with Crippen molar-refractivity contribution in [1.82, 2.24) is 16.0 Å². The minimum Gasteiger partial charge on any atom is -0.450 e. The zero-order valence-electron chi connectivity index (χ0n) is 19.8. The van der Waals surface area contributed by atoms with E-state index >= 15 is 0 Å². The quantitative estimate of drug-likeness (QED) is 0.358. The number of carbonyl (C=O) groups is 3. The summed E-state index contributed by atoms with van der Waals surface area (Å²) in [5.74, 6) is -0.275. The molecule has 0 aromatic rings. The molecule has 0 fully saturated rings. The fourth-order valence-electron chi connectivity index (χ4n) is 2.67. The molecule has 0 bridgehead atoms. The molecule has 0 aliphatic heterocycles. The Labute approximate surface area is 182 Å². The average molecular weight is 430 g/mol. The van der Waals surface area contributed by atoms with Gasteiger partial charge in [0.2, 0.25) is 5.91 Å². The minimum atomic E-state index is -0.660. The van der Waals surface area contributed by atoms with Crippen molar-refractivity contribution >= 4 is 18.1 Å². The normalized spacial score (nSPS) is 13.1. The van der Waals surface area contributed by atoms with Crippen LogP contribution in [-0.2, 0) is 14.3 Å². The highest BCUT2D eigenvalue weighted by atomic mass is 16.6. The van der Waals surface area contributed by atoms with Crippen LogP contribution in [0.25, 0.3) is 0 Å². The standard InChI is InChI=1S/C22H43N3O5/c1-7-10-13-17(24-21(28)30-22(4,5)6)16-23-19(26)18(14-11-8-2)25-20(27)29-15-12-9-3/h17-18H,7-16H2,1-6H3,(H,23,26)(H,24,28)(H,25,27)/t17-,18-/m0/s1. The Morgan fingerprint density at radius 3 is 2.00 bits per heavy atom. The van der Waals surface area contributed by atoms with Gasteiger partial charge in [-0.05, 0) is 40.0 Å². The molecule has 176 valence electrons. The Bertz CT molecular complexity index is 505. The number of ether oxygens (including phenoxy) is 2. The third-order valence-corrected chi connectivity index (χ3v) is 4.34. The summed E-state index contributed by atoms with van der Waals surface area (Å²) < 4.78 is 10.4. The smallest absolute Gasteiger partial charge is 0.407 e. The fourth-order valence-corrected chi connectivity index (χ4v) is 2.67. The molecule has 3 amide bonds. The van der Waals surface area contributed by atoms with Crippen LogP contribution in [0.2, 0.25) is 0 Å². The van der Waals surface area contributed by atoms with Crippen molar-refractivity contribution in [2.75, 3.05) is 13.2 Å². The van der Waals surface area contributed by atoms with Crippen LogP contribution >= 0.6 is 0 Å². The minimum absolute atomic E-state index is 0.243. The first kappa shape index (κ1) is 28.0. The number of hydrogen-bond donors (Lipinski definition) is 3. The number of alkyl carbamates (subject to hydrolysis) is 2. The summed E-state index contributed by atoms with van der Waals surface area (Å²) in [6, 6.07) is -0.903. The molecule has 8 nitrogen and oxygen atoms in total. The molecule has 0 saturated heterocycles. The number of rotatable bonds is 14. The lowest BCUT2D eigenvalue weighted by molar-refractivity contribution is -0.123. The predicted molar refractivity (Wildman–Crippen MR) is 118 cm³/mol. The Morgan fingerprint density at radius 1 is 0.833 bits per heavy atom. The molecular formula is C22H43N3O5. The maximum absolute atomic E-state index is 12.7. The summed E-state index contributed by atoms with van der Waals surface area (Å²) in [6.07, 6.45) is 5.51. The summed E-state index contributed by atoms with van der Waals surface area (Å²) in [4.78, 5) is 36.8. The highest BCUT2D eigenvalue weighted by molar-refractivity contribution is 5.85. The molecule has 0 saturated carbocycles. The van der Waals surface area contributed by atoms with Gasteiger partial charge in [0, 0.05) is 12.6 Å². The SMILES string of the molecule is CCCCOC(=O)N[C@@H](CCCC)C(=O)NC[C@H](CCCC)NC(=O)OC(C)(C)C. The summed E-state index contributed by atoms with van der Waals surface area (Å²) >= 11 is 0. The van der Waals surface area contributed by atoms with Crippen LogP contribution in [0, 0.1) is 0 Å². The van der Waals surface area contributed by atoms with Crippen LogP contribution in [0.3, 0.4) is 0 Å². The Kier molecular flexibility index (Phi) is 14.7. The van der Waals surface area contributed by atoms with E-state index in [9.17, 15) is 14.4 Å². The third-order valence-electron chi connectivity index (χ3n) is 4.34. The van der Waals surface area contributed by atoms with Gasteiger partial charge in [-0.15, -0.1) is 0 Å². The predicted octanol–water partition coefficient (Wildman–Crippen LogP) is 4.27. The largest absolute Gasteiger partial charge is 0.450 e. The fraction of sp³-hybridized carbons (Fsp3) is 0.864. The molecule has 0 radical (unpaired) electrons. The summed E-state index contributed by atoms with van der Waals surface area (Å²) in [7, 11) is 0. The van der Waals surface area contributed by atoms with Crippen molar-refractivity contribution in [2.45, 2.75) is 111 Å². The van der Waals surface area contributed by atoms with Crippen molar-refractivity contribution in [1.29, 1.82) is 0 Å². The second kappa shape index (κ2) is 15.8. The monoisotopic (exact) mass is 429 g/mol. The number of carbonyl (C=O) groups excluding carboxylic acids is 3. The van der Waals surface area contributed by atoms with E-state index in [4.69, 9.17) is 9.47 Å². The van der Waals surface area contributed by atoms with Gasteiger partial charge in [-0.1, -0.05) is 52.9 Å². The zero-order chi connectivity index (χ0) is 23.0. The van der Waals surface area contributed by atoms with Gasteiger partial charge >= 0.3 is 12.2 Å². The molecule has 3 N–H and O–H groups in total. The van der Waals surface area contributed by atoms with E-state index in [1.807, 2.05) is 13.8 Å². The van der Waals surface area contributed by atoms with Crippen molar-refractivity contribution < 1.29 is 23.9 Å². The lowest BCUT2D eigenvalue weighted by Crippen LogP contribution is -2.51. The van der Waals surface area contributed by atoms with Gasteiger partial charge in [0.1, 0.15) is 11.6 Å². The van der Waals surface area contributed by atoms with Gasteiger partial charge in [-0.2, -0.15) is 0 Å². The van der Waals surface area contributed by atoms with Crippen molar-refractivity contribution in [3.8, 4) is 0 Å². The van der Waals surface area contributed by atoms with Gasteiger partial charge in [0.15, 0.2) is 0 Å². The highest BCUT2D eigenvalue weighted by Gasteiger charge is 2.23. The lowest BCUT2D eigenvalue weighted by atomic mass is 10.1. The Hall–Kier alpha value is -1.99. The number of nitrogens with one attached hydrogen (secondary N) is 3. The second-order valence-corrected chi connectivity index (χ2v) is 8.56. The lowest BCUT2D eigenvalue weighted by Gasteiger charge is -2.25. The molecule has 0 aromatic carbocycles. The summed E-state index contributed by atoms with van der Waals surface area (Å²) in [5, 5.41) is 8.36. The third kappa shape index (κ3) is 14.9. The van der Waals surface area contributed by atoms with Gasteiger partial charge < -0.3 is 25.4 Å². The van der Waals surface area contributed by atoms with E-state index in [1.54, 1.807) is 20.8 Å². The highest BCUT2D eigenvalue weighted by Crippen LogP contribution is 2.08. The topological polar surface area (TPSA) is 106 Å². The van der Waals surface area contributed by atoms with E-state index in [-0.39, 0.29) is 18.5 Å². The van der Waals surface area contributed by atoms with E-state index < -0.39 is 23.8 Å². The first-order chi connectivity index (χ1) is 14.1. The molecule has 2 atom stereocenters. The van der Waals surface area contributed by atoms with Crippen LogP contribution in [0.4, 0.5) is 9.59 Å². The van der Waals surface area contributed by atoms with Gasteiger partial charge in [0.25, 0.3) is 0 Å². The summed E-state index contributed by atoms with van der Waals surface area (Å²) in [5.41, 5.74) is -0.587. The first-order valence-corrected chi connectivity index (χ1v) is 11.3. The van der Waals surface area contributed by atoms with E-state index in [0.717, 1.165) is 44.9 Å². The van der Waals surface area contributed by atoms with Crippen LogP contribution in [0.15, 0.2) is 0 Å². The molecule has 30 heavy (non-hydrogen) atoms. The van der Waals surface area contributed by atoms with Gasteiger partial charge in [0.05, 0.1) is 6.61 Å². The number of unbranched alkanes of at least 4 members (excludes halogenated alkanes) is 3. The van der Waals surface area contributed by atoms with Gasteiger partial charge in [-0.3, -0.25) is 4.79 Å². The maximum atomic E-state index is 12.7. The molecular weight excluding hydrogens is 386 g/mol.